The molecule has 0 bridgehead atoms. The molecule has 3 nitrogen and oxygen atoms in total. The molecular formula is C12H19NO2. The lowest BCUT2D eigenvalue weighted by Crippen LogP contribution is -2.35. The van der Waals surface area contributed by atoms with E-state index < -0.39 is 0 Å². The highest BCUT2D eigenvalue weighted by Gasteiger charge is 2.29. The number of unbranched alkanes of at least 4 members (excludes halogenated alkanes) is 1. The minimum atomic E-state index is -0.0794. The Bertz CT molecular complexity index is 283. The molecule has 84 valence electrons. The highest BCUT2D eigenvalue weighted by molar-refractivity contribution is 5.77. The molecule has 3 heteroatoms. The Morgan fingerprint density at radius 3 is 2.87 bits per heavy atom. The number of allylic oxidation sites excluding steroid dienone is 2. The molecule has 2 aliphatic rings. The van der Waals surface area contributed by atoms with Gasteiger partial charge in [0.05, 0.1) is 6.61 Å². The molecule has 1 aliphatic heterocycles. The lowest BCUT2D eigenvalue weighted by atomic mass is 9.89. The maximum atomic E-state index is 11.3. The van der Waals surface area contributed by atoms with Crippen molar-refractivity contribution in [2.24, 2.45) is 0 Å². The summed E-state index contributed by atoms with van der Waals surface area (Å²) in [6.07, 6.45) is 6.84. The fourth-order valence-corrected chi connectivity index (χ4v) is 2.10. The summed E-state index contributed by atoms with van der Waals surface area (Å²) >= 11 is 0. The molecule has 1 fully saturated rings. The first-order chi connectivity index (χ1) is 7.31. The number of cyclic esters (lactones) is 1. The molecule has 0 aromatic carbocycles. The van der Waals surface area contributed by atoms with Crippen LogP contribution in [0, 0.1) is 0 Å². The van der Waals surface area contributed by atoms with E-state index in [1.807, 2.05) is 0 Å². The second-order valence-electron chi connectivity index (χ2n) is 4.34. The molecule has 0 radical (unpaired) electrons. The van der Waals surface area contributed by atoms with Crippen LogP contribution in [0.4, 0.5) is 0 Å². The number of esters is 1. The van der Waals surface area contributed by atoms with Gasteiger partial charge in [-0.2, -0.15) is 0 Å². The van der Waals surface area contributed by atoms with Gasteiger partial charge in [0.2, 0.25) is 0 Å². The summed E-state index contributed by atoms with van der Waals surface area (Å²) in [6, 6.07) is -0.0723. The van der Waals surface area contributed by atoms with Gasteiger partial charge in [0.15, 0.2) is 0 Å². The van der Waals surface area contributed by atoms with E-state index in [2.05, 4.69) is 12.2 Å². The van der Waals surface area contributed by atoms with E-state index in [1.54, 1.807) is 0 Å². The quantitative estimate of drug-likeness (QED) is 0.705. The van der Waals surface area contributed by atoms with Gasteiger partial charge in [-0.1, -0.05) is 18.9 Å². The SMILES string of the molecule is CCCCC1=C(N[C@H]2CCOC2=O)CC1. The minimum Gasteiger partial charge on any atom is -0.464 e. The van der Waals surface area contributed by atoms with Crippen molar-refractivity contribution in [2.75, 3.05) is 6.61 Å². The third kappa shape index (κ3) is 2.33. The van der Waals surface area contributed by atoms with Crippen LogP contribution in [0.5, 0.6) is 0 Å². The van der Waals surface area contributed by atoms with Gasteiger partial charge in [-0.25, -0.2) is 4.79 Å². The van der Waals surface area contributed by atoms with Gasteiger partial charge in [0.1, 0.15) is 6.04 Å². The normalized spacial score (nSPS) is 25.1. The van der Waals surface area contributed by atoms with Crippen LogP contribution < -0.4 is 5.32 Å². The number of carbonyl (C=O) groups is 1. The molecule has 2 rings (SSSR count). The van der Waals surface area contributed by atoms with Gasteiger partial charge < -0.3 is 10.1 Å². The molecule has 0 amide bonds. The Morgan fingerprint density at radius 1 is 1.47 bits per heavy atom. The molecule has 1 saturated heterocycles. The molecule has 1 heterocycles. The first-order valence-electron chi connectivity index (χ1n) is 5.95. The maximum absolute atomic E-state index is 11.3. The molecule has 0 unspecified atom stereocenters. The van der Waals surface area contributed by atoms with Crippen LogP contribution in [0.3, 0.4) is 0 Å². The number of nitrogens with one attached hydrogen (secondary N) is 1. The van der Waals surface area contributed by atoms with Crippen LogP contribution in [0.15, 0.2) is 11.3 Å². The molecule has 0 aromatic heterocycles. The summed E-state index contributed by atoms with van der Waals surface area (Å²) in [4.78, 5) is 11.3. The number of ether oxygens (including phenoxy) is 1. The van der Waals surface area contributed by atoms with Crippen molar-refractivity contribution in [1.29, 1.82) is 0 Å². The Kier molecular flexibility index (Phi) is 3.29. The van der Waals surface area contributed by atoms with Crippen LogP contribution in [-0.4, -0.2) is 18.6 Å². The highest BCUT2D eigenvalue weighted by Crippen LogP contribution is 2.30. The molecule has 1 N–H and O–H groups in total. The van der Waals surface area contributed by atoms with Crippen molar-refractivity contribution < 1.29 is 9.53 Å². The van der Waals surface area contributed by atoms with Crippen LogP contribution in [0.2, 0.25) is 0 Å². The van der Waals surface area contributed by atoms with Crippen LogP contribution in [0.25, 0.3) is 0 Å². The Hall–Kier alpha value is -0.990. The van der Waals surface area contributed by atoms with E-state index >= 15 is 0 Å². The monoisotopic (exact) mass is 209 g/mol. The lowest BCUT2D eigenvalue weighted by molar-refractivity contribution is -0.139. The smallest absolute Gasteiger partial charge is 0.328 e. The van der Waals surface area contributed by atoms with E-state index in [4.69, 9.17) is 4.74 Å². The zero-order valence-electron chi connectivity index (χ0n) is 9.34. The van der Waals surface area contributed by atoms with Crippen LogP contribution >= 0.6 is 0 Å². The molecule has 0 saturated carbocycles. The summed E-state index contributed by atoms with van der Waals surface area (Å²) < 4.78 is 4.93. The summed E-state index contributed by atoms with van der Waals surface area (Å²) in [6.45, 7) is 2.79. The number of carbonyl (C=O) groups excluding carboxylic acids is 1. The predicted octanol–water partition coefficient (Wildman–Crippen LogP) is 2.13. The van der Waals surface area contributed by atoms with Crippen LogP contribution in [-0.2, 0) is 9.53 Å². The molecular weight excluding hydrogens is 190 g/mol. The van der Waals surface area contributed by atoms with Crippen molar-refractivity contribution in [3.05, 3.63) is 11.3 Å². The fraction of sp³-hybridized carbons (Fsp3) is 0.750. The summed E-state index contributed by atoms with van der Waals surface area (Å²) in [5, 5.41) is 3.33. The van der Waals surface area contributed by atoms with Gasteiger partial charge in [-0.05, 0) is 25.7 Å². The van der Waals surface area contributed by atoms with Gasteiger partial charge >= 0.3 is 5.97 Å². The number of hydrogen-bond acceptors (Lipinski definition) is 3. The summed E-state index contributed by atoms with van der Waals surface area (Å²) in [5.41, 5.74) is 2.84. The first-order valence-corrected chi connectivity index (χ1v) is 5.95. The largest absolute Gasteiger partial charge is 0.464 e. The Balaban J connectivity index is 1.86. The molecule has 0 spiro atoms. The van der Waals surface area contributed by atoms with Gasteiger partial charge in [0.25, 0.3) is 0 Å². The third-order valence-corrected chi connectivity index (χ3v) is 3.22. The van der Waals surface area contributed by atoms with Gasteiger partial charge in [0, 0.05) is 12.1 Å². The van der Waals surface area contributed by atoms with Crippen molar-refractivity contribution in [3.8, 4) is 0 Å². The van der Waals surface area contributed by atoms with E-state index in [0.717, 1.165) is 12.8 Å². The van der Waals surface area contributed by atoms with Crippen molar-refractivity contribution in [3.63, 3.8) is 0 Å². The summed E-state index contributed by atoms with van der Waals surface area (Å²) in [7, 11) is 0. The average Bonchev–Trinajstić information content (AvgIpc) is 2.59. The molecule has 0 aromatic rings. The third-order valence-electron chi connectivity index (χ3n) is 3.22. The lowest BCUT2D eigenvalue weighted by Gasteiger charge is -2.27. The fourth-order valence-electron chi connectivity index (χ4n) is 2.10. The van der Waals surface area contributed by atoms with Crippen molar-refractivity contribution in [1.82, 2.24) is 5.32 Å². The number of hydrogen-bond donors (Lipinski definition) is 1. The summed E-state index contributed by atoms with van der Waals surface area (Å²) in [5.74, 6) is -0.0794. The predicted molar refractivity (Wildman–Crippen MR) is 58.3 cm³/mol. The van der Waals surface area contributed by atoms with E-state index in [-0.39, 0.29) is 12.0 Å². The Morgan fingerprint density at radius 2 is 2.33 bits per heavy atom. The minimum absolute atomic E-state index is 0.0723. The van der Waals surface area contributed by atoms with Gasteiger partial charge in [-0.15, -0.1) is 0 Å². The average molecular weight is 209 g/mol. The Labute approximate surface area is 90.9 Å². The van der Waals surface area contributed by atoms with Crippen molar-refractivity contribution in [2.45, 2.75) is 51.5 Å². The first kappa shape index (κ1) is 10.5. The maximum Gasteiger partial charge on any atom is 0.328 e. The van der Waals surface area contributed by atoms with E-state index in [0.29, 0.717) is 6.61 Å². The number of rotatable bonds is 5. The van der Waals surface area contributed by atoms with Crippen molar-refractivity contribution >= 4 is 5.97 Å². The standard InChI is InChI=1S/C12H19NO2/c1-2-3-4-9-5-6-10(9)13-11-7-8-15-12(11)14/h11,13H,2-8H2,1H3/t11-/m0/s1. The second-order valence-corrected chi connectivity index (χ2v) is 4.34. The molecule has 1 atom stereocenters. The zero-order chi connectivity index (χ0) is 10.7. The molecule has 15 heavy (non-hydrogen) atoms. The highest BCUT2D eigenvalue weighted by atomic mass is 16.5. The van der Waals surface area contributed by atoms with Gasteiger partial charge in [-0.3, -0.25) is 0 Å². The topological polar surface area (TPSA) is 38.3 Å². The van der Waals surface area contributed by atoms with E-state index in [9.17, 15) is 4.79 Å². The van der Waals surface area contributed by atoms with E-state index in [1.165, 1.54) is 37.0 Å². The zero-order valence-corrected chi connectivity index (χ0v) is 9.34. The molecule has 1 aliphatic carbocycles. The second kappa shape index (κ2) is 4.69. The van der Waals surface area contributed by atoms with Crippen LogP contribution in [0.1, 0.15) is 45.4 Å².